The normalized spacial score (nSPS) is 22.7. The maximum Gasteiger partial charge on any atom is 0.266 e. The number of nitrogens with zero attached hydrogens (tertiary/aromatic N) is 2. The van der Waals surface area contributed by atoms with E-state index in [9.17, 15) is 17.9 Å². The third-order valence-electron chi connectivity index (χ3n) is 6.24. The number of aromatic nitrogens is 1. The molecule has 4 rings (SSSR count). The van der Waals surface area contributed by atoms with Crippen molar-refractivity contribution in [1.82, 2.24) is 9.88 Å². The van der Waals surface area contributed by atoms with Crippen molar-refractivity contribution in [3.8, 4) is 0 Å². The van der Waals surface area contributed by atoms with Crippen LogP contribution in [-0.4, -0.2) is 55.2 Å². The predicted octanol–water partition coefficient (Wildman–Crippen LogP) is 4.16. The summed E-state index contributed by atoms with van der Waals surface area (Å²) in [6, 6.07) is 2.47. The number of rotatable bonds is 9. The molecule has 2 aliphatic carbocycles. The molecule has 7 nitrogen and oxygen atoms in total. The summed E-state index contributed by atoms with van der Waals surface area (Å²) in [5.41, 5.74) is 0.366. The number of likely N-dealkylation sites (N-methyl/N-ethyl adjacent to an activating group) is 1. The Morgan fingerprint density at radius 1 is 1.31 bits per heavy atom. The van der Waals surface area contributed by atoms with E-state index in [0.29, 0.717) is 18.2 Å². The fourth-order valence-corrected chi connectivity index (χ4v) is 6.51. The molecule has 2 aliphatic rings. The minimum absolute atomic E-state index is 0.0213. The molecule has 11 heteroatoms. The summed E-state index contributed by atoms with van der Waals surface area (Å²) in [6.07, 6.45) is 7.30. The number of nitrogens with one attached hydrogen (secondary N) is 2. The molecule has 0 amide bonds. The third-order valence-corrected chi connectivity index (χ3v) is 8.73. The number of hydrogen-bond donors (Lipinski definition) is 3. The topological polar surface area (TPSA) is 94.6 Å². The second kappa shape index (κ2) is 9.80. The highest BCUT2D eigenvalue weighted by Crippen LogP contribution is 2.35. The monoisotopic (exact) mass is 502 g/mol. The van der Waals surface area contributed by atoms with Crippen LogP contribution in [0.4, 0.5) is 15.2 Å². The molecule has 0 bridgehead atoms. The van der Waals surface area contributed by atoms with Crippen molar-refractivity contribution in [2.75, 3.05) is 23.6 Å². The van der Waals surface area contributed by atoms with Crippen molar-refractivity contribution in [2.24, 2.45) is 5.92 Å². The number of thiazole rings is 1. The van der Waals surface area contributed by atoms with Gasteiger partial charge in [-0.1, -0.05) is 24.4 Å². The Kier molecular flexibility index (Phi) is 7.26. The van der Waals surface area contributed by atoms with Gasteiger partial charge in [-0.05, 0) is 50.8 Å². The summed E-state index contributed by atoms with van der Waals surface area (Å²) in [7, 11) is -2.14. The molecule has 2 saturated carbocycles. The fourth-order valence-electron chi connectivity index (χ4n) is 4.36. The van der Waals surface area contributed by atoms with Crippen molar-refractivity contribution in [3.05, 3.63) is 34.5 Å². The summed E-state index contributed by atoms with van der Waals surface area (Å²) in [5.74, 6) is -0.478. The summed E-state index contributed by atoms with van der Waals surface area (Å²) in [5, 5.41) is 15.6. The maximum atomic E-state index is 14.9. The zero-order chi connectivity index (χ0) is 22.9. The minimum atomic E-state index is -4.15. The summed E-state index contributed by atoms with van der Waals surface area (Å²) < 4.78 is 42.3. The lowest BCUT2D eigenvalue weighted by Gasteiger charge is -2.39. The molecule has 32 heavy (non-hydrogen) atoms. The molecule has 0 saturated heterocycles. The molecule has 2 fully saturated rings. The fraction of sp³-hybridized carbons (Fsp3) is 0.571. The Morgan fingerprint density at radius 2 is 2.06 bits per heavy atom. The first-order valence-electron chi connectivity index (χ1n) is 10.8. The van der Waals surface area contributed by atoms with Gasteiger partial charge in [0, 0.05) is 30.2 Å². The van der Waals surface area contributed by atoms with Gasteiger partial charge in [0.05, 0.1) is 16.8 Å². The molecule has 2 aromatic rings. The standard InChI is InChI=1S/C21H28ClFN4O3S2/c1-27(12-19(28)13-6-7-13)18-5-3-2-4-16(18)25-17-11-15(23)20(10-14(17)22)32(29,30)26-21-24-8-9-31-21/h8-11,13,16,18-19,25,28H,2-7,12H2,1H3,(H,24,26)/t16?,18-,19+/m0/s1. The van der Waals surface area contributed by atoms with Crippen LogP contribution in [0.15, 0.2) is 28.6 Å². The van der Waals surface area contributed by atoms with E-state index in [0.717, 1.165) is 62.0 Å². The van der Waals surface area contributed by atoms with Crippen LogP contribution in [0.25, 0.3) is 0 Å². The van der Waals surface area contributed by atoms with Crippen LogP contribution in [0.3, 0.4) is 0 Å². The smallest absolute Gasteiger partial charge is 0.266 e. The van der Waals surface area contributed by atoms with Crippen LogP contribution >= 0.6 is 22.9 Å². The van der Waals surface area contributed by atoms with E-state index < -0.39 is 20.7 Å². The van der Waals surface area contributed by atoms with Gasteiger partial charge in [0.2, 0.25) is 0 Å². The number of aliphatic hydroxyl groups is 1. The van der Waals surface area contributed by atoms with Gasteiger partial charge in [0.25, 0.3) is 10.0 Å². The van der Waals surface area contributed by atoms with E-state index in [2.05, 4.69) is 19.9 Å². The van der Waals surface area contributed by atoms with Crippen molar-refractivity contribution >= 4 is 43.8 Å². The molecule has 0 spiro atoms. The first kappa shape index (κ1) is 23.7. The Labute approximate surface area is 197 Å². The van der Waals surface area contributed by atoms with Crippen molar-refractivity contribution in [3.63, 3.8) is 0 Å². The first-order chi connectivity index (χ1) is 15.2. The van der Waals surface area contributed by atoms with Crippen molar-refractivity contribution in [1.29, 1.82) is 0 Å². The Morgan fingerprint density at radius 3 is 2.75 bits per heavy atom. The number of aliphatic hydroxyl groups excluding tert-OH is 1. The molecule has 3 atom stereocenters. The number of benzene rings is 1. The molecule has 0 aliphatic heterocycles. The van der Waals surface area contributed by atoms with Crippen LogP contribution in [0.2, 0.25) is 5.02 Å². The quantitative estimate of drug-likeness (QED) is 0.476. The van der Waals surface area contributed by atoms with Gasteiger partial charge >= 0.3 is 0 Å². The van der Waals surface area contributed by atoms with Crippen molar-refractivity contribution in [2.45, 2.75) is 61.6 Å². The number of hydrogen-bond acceptors (Lipinski definition) is 7. The van der Waals surface area contributed by atoms with Gasteiger partial charge in [-0.2, -0.15) is 0 Å². The van der Waals surface area contributed by atoms with Gasteiger partial charge in [-0.25, -0.2) is 17.8 Å². The second-order valence-corrected chi connectivity index (χ2v) is 11.6. The average Bonchev–Trinajstić information content (AvgIpc) is 3.48. The molecular formula is C21H28ClFN4O3S2. The van der Waals surface area contributed by atoms with Crippen LogP contribution in [0.1, 0.15) is 38.5 Å². The number of sulfonamides is 1. The third kappa shape index (κ3) is 5.53. The lowest BCUT2D eigenvalue weighted by molar-refractivity contribution is 0.0735. The minimum Gasteiger partial charge on any atom is -0.392 e. The van der Waals surface area contributed by atoms with E-state index in [4.69, 9.17) is 11.6 Å². The molecule has 1 heterocycles. The van der Waals surface area contributed by atoms with Gasteiger partial charge in [0.15, 0.2) is 5.13 Å². The predicted molar refractivity (Wildman–Crippen MR) is 125 cm³/mol. The Bertz CT molecular complexity index is 1030. The Balaban J connectivity index is 1.49. The highest BCUT2D eigenvalue weighted by atomic mass is 35.5. The van der Waals surface area contributed by atoms with Crippen LogP contribution in [-0.2, 0) is 10.0 Å². The lowest BCUT2D eigenvalue weighted by Crippen LogP contribution is -2.49. The highest BCUT2D eigenvalue weighted by Gasteiger charge is 2.34. The summed E-state index contributed by atoms with van der Waals surface area (Å²) >= 11 is 7.48. The molecule has 1 aromatic heterocycles. The molecular weight excluding hydrogens is 475 g/mol. The SMILES string of the molecule is CN(C[C@@H](O)C1CC1)[C@H]1CCCCC1Nc1cc(F)c(S(=O)(=O)Nc2nccs2)cc1Cl. The van der Waals surface area contributed by atoms with Crippen LogP contribution in [0.5, 0.6) is 0 Å². The van der Waals surface area contributed by atoms with Gasteiger partial charge in [-0.15, -0.1) is 11.3 Å². The summed E-state index contributed by atoms with van der Waals surface area (Å²) in [6.45, 7) is 0.606. The molecule has 176 valence electrons. The van der Waals surface area contributed by atoms with E-state index in [1.165, 1.54) is 6.20 Å². The number of halogens is 2. The van der Waals surface area contributed by atoms with E-state index in [1.54, 1.807) is 5.38 Å². The van der Waals surface area contributed by atoms with E-state index in [-0.39, 0.29) is 28.3 Å². The highest BCUT2D eigenvalue weighted by molar-refractivity contribution is 7.93. The van der Waals surface area contributed by atoms with Gasteiger partial charge in [-0.3, -0.25) is 9.62 Å². The van der Waals surface area contributed by atoms with E-state index in [1.807, 2.05) is 7.05 Å². The maximum absolute atomic E-state index is 14.9. The number of anilines is 2. The van der Waals surface area contributed by atoms with Gasteiger partial charge in [0.1, 0.15) is 10.7 Å². The molecule has 3 N–H and O–H groups in total. The first-order valence-corrected chi connectivity index (χ1v) is 13.5. The largest absolute Gasteiger partial charge is 0.392 e. The van der Waals surface area contributed by atoms with E-state index >= 15 is 0 Å². The zero-order valence-corrected chi connectivity index (χ0v) is 20.2. The Hall–Kier alpha value is -1.46. The van der Waals surface area contributed by atoms with Gasteiger partial charge < -0.3 is 10.4 Å². The molecule has 1 aromatic carbocycles. The lowest BCUT2D eigenvalue weighted by atomic mass is 9.89. The van der Waals surface area contributed by atoms with Crippen molar-refractivity contribution < 1.29 is 17.9 Å². The second-order valence-electron chi connectivity index (χ2n) is 8.65. The summed E-state index contributed by atoms with van der Waals surface area (Å²) in [4.78, 5) is 5.53. The molecule has 1 unspecified atom stereocenters. The average molecular weight is 503 g/mol. The van der Waals surface area contributed by atoms with Crippen LogP contribution < -0.4 is 10.0 Å². The van der Waals surface area contributed by atoms with Crippen LogP contribution in [0, 0.1) is 11.7 Å². The zero-order valence-electron chi connectivity index (χ0n) is 17.8. The molecule has 0 radical (unpaired) electrons.